The summed E-state index contributed by atoms with van der Waals surface area (Å²) in [5.74, 6) is 1.43. The van der Waals surface area contributed by atoms with E-state index in [1.165, 1.54) is 28.6 Å². The second-order valence-electron chi connectivity index (χ2n) is 7.78. The third-order valence-electron chi connectivity index (χ3n) is 5.82. The number of aryl methyl sites for hydroxylation is 1. The number of nitrogens with zero attached hydrogens (tertiary/aromatic N) is 3. The highest BCUT2D eigenvalue weighted by Gasteiger charge is 2.25. The fraction of sp³-hybridized carbons (Fsp3) is 0.571. The van der Waals surface area contributed by atoms with Gasteiger partial charge in [0.05, 0.1) is 36.4 Å². The molecular formula is C21H30N5S+. The van der Waals surface area contributed by atoms with E-state index in [0.29, 0.717) is 5.92 Å². The van der Waals surface area contributed by atoms with E-state index in [0.717, 1.165) is 59.9 Å². The number of hydrogen-bond donors (Lipinski definition) is 2. The van der Waals surface area contributed by atoms with E-state index < -0.39 is 0 Å². The maximum absolute atomic E-state index is 5.08. The van der Waals surface area contributed by atoms with Crippen LogP contribution in [-0.4, -0.2) is 41.1 Å². The minimum atomic E-state index is 0.465. The molecular weight excluding hydrogens is 354 g/mol. The van der Waals surface area contributed by atoms with Crippen molar-refractivity contribution < 1.29 is 4.90 Å². The monoisotopic (exact) mass is 384 g/mol. The van der Waals surface area contributed by atoms with E-state index in [9.17, 15) is 0 Å². The van der Waals surface area contributed by atoms with Crippen LogP contribution in [0.3, 0.4) is 0 Å². The highest BCUT2D eigenvalue weighted by Crippen LogP contribution is 2.42. The zero-order chi connectivity index (χ0) is 19.0. The van der Waals surface area contributed by atoms with Gasteiger partial charge in [0.1, 0.15) is 17.0 Å². The maximum Gasteiger partial charge on any atom is 0.147 e. The van der Waals surface area contributed by atoms with E-state index in [2.05, 4.69) is 43.0 Å². The van der Waals surface area contributed by atoms with Crippen molar-refractivity contribution in [2.24, 2.45) is 0 Å². The molecule has 0 fully saturated rings. The summed E-state index contributed by atoms with van der Waals surface area (Å²) < 4.78 is 1.16. The van der Waals surface area contributed by atoms with Crippen molar-refractivity contribution in [1.29, 1.82) is 0 Å². The van der Waals surface area contributed by atoms with Crippen molar-refractivity contribution in [1.82, 2.24) is 15.0 Å². The van der Waals surface area contributed by atoms with Crippen LogP contribution in [-0.2, 0) is 12.8 Å². The van der Waals surface area contributed by atoms with Crippen LogP contribution >= 0.6 is 11.3 Å². The van der Waals surface area contributed by atoms with Crippen LogP contribution in [0.25, 0.3) is 20.4 Å². The molecule has 144 valence electrons. The first-order valence-electron chi connectivity index (χ1n) is 10.3. The van der Waals surface area contributed by atoms with Crippen molar-refractivity contribution in [2.75, 3.05) is 31.5 Å². The molecule has 0 saturated heterocycles. The molecule has 1 aliphatic rings. The Morgan fingerprint density at radius 3 is 2.67 bits per heavy atom. The molecule has 4 rings (SSSR count). The average molecular weight is 385 g/mol. The van der Waals surface area contributed by atoms with Gasteiger partial charge < -0.3 is 10.2 Å². The topological polar surface area (TPSA) is 55.1 Å². The Morgan fingerprint density at radius 2 is 1.93 bits per heavy atom. The molecule has 0 saturated carbocycles. The smallest absolute Gasteiger partial charge is 0.147 e. The lowest BCUT2D eigenvalue weighted by molar-refractivity contribution is -0.894. The summed E-state index contributed by atoms with van der Waals surface area (Å²) >= 11 is 1.75. The van der Waals surface area contributed by atoms with Gasteiger partial charge in [0.2, 0.25) is 0 Å². The normalized spacial score (nSPS) is 14.0. The number of hydrogen-bond acceptors (Lipinski definition) is 5. The summed E-state index contributed by atoms with van der Waals surface area (Å²) in [5.41, 5.74) is 5.35. The van der Waals surface area contributed by atoms with Crippen molar-refractivity contribution in [3.05, 3.63) is 23.1 Å². The van der Waals surface area contributed by atoms with Gasteiger partial charge in [-0.25, -0.2) is 15.0 Å². The Morgan fingerprint density at radius 1 is 1.15 bits per heavy atom. The maximum atomic E-state index is 5.08. The second-order valence-corrected chi connectivity index (χ2v) is 8.78. The van der Waals surface area contributed by atoms with Crippen LogP contribution in [0.5, 0.6) is 0 Å². The molecule has 0 radical (unpaired) electrons. The van der Waals surface area contributed by atoms with E-state index in [4.69, 9.17) is 4.98 Å². The van der Waals surface area contributed by atoms with Crippen molar-refractivity contribution in [3.63, 3.8) is 0 Å². The van der Waals surface area contributed by atoms with Gasteiger partial charge in [-0.05, 0) is 50.2 Å². The molecule has 3 heterocycles. The predicted octanol–water partition coefficient (Wildman–Crippen LogP) is 3.19. The molecule has 6 heteroatoms. The van der Waals surface area contributed by atoms with Crippen LogP contribution in [0.4, 0.5) is 5.82 Å². The number of likely N-dealkylation sites (N-methyl/N-ethyl adjacent to an activating group) is 1. The van der Waals surface area contributed by atoms with E-state index in [1.54, 1.807) is 22.6 Å². The minimum absolute atomic E-state index is 0.465. The van der Waals surface area contributed by atoms with Crippen LogP contribution in [0.15, 0.2) is 6.33 Å². The number of quaternary nitrogens is 1. The van der Waals surface area contributed by atoms with Crippen molar-refractivity contribution in [2.45, 2.75) is 52.9 Å². The quantitative estimate of drug-likeness (QED) is 0.657. The number of pyridine rings is 1. The molecule has 2 N–H and O–H groups in total. The Hall–Kier alpha value is -1.79. The third-order valence-corrected chi connectivity index (χ3v) is 6.90. The first-order valence-corrected chi connectivity index (χ1v) is 11.1. The Bertz CT molecular complexity index is 958. The summed E-state index contributed by atoms with van der Waals surface area (Å²) in [6, 6.07) is 0. The Labute approximate surface area is 165 Å². The molecule has 0 aliphatic heterocycles. The van der Waals surface area contributed by atoms with Crippen molar-refractivity contribution in [3.8, 4) is 0 Å². The van der Waals surface area contributed by atoms with Gasteiger partial charge in [0.25, 0.3) is 0 Å². The Kier molecular flexibility index (Phi) is 5.28. The molecule has 3 aromatic heterocycles. The standard InChI is InChI=1S/C21H29N5S/c1-5-26(6-2)11-10-22-20-19-18(23-12-24-20)16-14-8-7-9-15(14)17(13(3)4)25-21(16)27-19/h12-13H,5-11H2,1-4H3,(H,22,23,24)/p+1. The van der Waals surface area contributed by atoms with Crippen LogP contribution in [0.2, 0.25) is 0 Å². The number of thiophene rings is 1. The zero-order valence-corrected chi connectivity index (χ0v) is 17.7. The minimum Gasteiger partial charge on any atom is -0.363 e. The number of aromatic nitrogens is 3. The molecule has 27 heavy (non-hydrogen) atoms. The lowest BCUT2D eigenvalue weighted by atomic mass is 9.99. The van der Waals surface area contributed by atoms with E-state index in [1.807, 2.05) is 0 Å². The van der Waals surface area contributed by atoms with Gasteiger partial charge >= 0.3 is 0 Å². The first-order chi connectivity index (χ1) is 13.1. The number of nitrogens with one attached hydrogen (secondary N) is 2. The highest BCUT2D eigenvalue weighted by molar-refractivity contribution is 7.26. The van der Waals surface area contributed by atoms with Gasteiger partial charge in [-0.15, -0.1) is 11.3 Å². The molecule has 0 amide bonds. The first kappa shape index (κ1) is 18.6. The fourth-order valence-electron chi connectivity index (χ4n) is 4.29. The van der Waals surface area contributed by atoms with Gasteiger partial charge in [-0.1, -0.05) is 13.8 Å². The molecule has 3 aromatic rings. The van der Waals surface area contributed by atoms with Gasteiger partial charge in [0, 0.05) is 11.1 Å². The lowest BCUT2D eigenvalue weighted by Gasteiger charge is -2.15. The van der Waals surface area contributed by atoms with Gasteiger partial charge in [-0.2, -0.15) is 0 Å². The Balaban J connectivity index is 1.76. The number of rotatable bonds is 7. The van der Waals surface area contributed by atoms with Gasteiger partial charge in [-0.3, -0.25) is 0 Å². The largest absolute Gasteiger partial charge is 0.363 e. The summed E-state index contributed by atoms with van der Waals surface area (Å²) in [5, 5.41) is 4.85. The lowest BCUT2D eigenvalue weighted by Crippen LogP contribution is -3.12. The van der Waals surface area contributed by atoms with Crippen LogP contribution < -0.4 is 10.2 Å². The summed E-state index contributed by atoms with van der Waals surface area (Å²) in [4.78, 5) is 17.0. The number of fused-ring (bicyclic) bond motifs is 5. The van der Waals surface area contributed by atoms with Gasteiger partial charge in [0.15, 0.2) is 0 Å². The molecule has 0 spiro atoms. The average Bonchev–Trinajstić information content (AvgIpc) is 3.28. The van der Waals surface area contributed by atoms with E-state index in [-0.39, 0.29) is 0 Å². The highest BCUT2D eigenvalue weighted by atomic mass is 32.1. The third kappa shape index (κ3) is 3.29. The molecule has 0 atom stereocenters. The predicted molar refractivity (Wildman–Crippen MR) is 114 cm³/mol. The molecule has 0 aromatic carbocycles. The summed E-state index contributed by atoms with van der Waals surface area (Å²) in [6.07, 6.45) is 5.25. The zero-order valence-electron chi connectivity index (χ0n) is 16.9. The van der Waals surface area contributed by atoms with E-state index >= 15 is 0 Å². The SMILES string of the molecule is CC[NH+](CC)CCNc1ncnc2c1sc1nc(C(C)C)c3c(c12)CCC3. The molecule has 0 bridgehead atoms. The second kappa shape index (κ2) is 7.68. The van der Waals surface area contributed by atoms with Crippen LogP contribution in [0, 0.1) is 0 Å². The van der Waals surface area contributed by atoms with Crippen LogP contribution in [0.1, 0.15) is 56.9 Å². The van der Waals surface area contributed by atoms with Crippen molar-refractivity contribution >= 4 is 37.6 Å². The summed E-state index contributed by atoms with van der Waals surface area (Å²) in [6.45, 7) is 13.3. The molecule has 5 nitrogen and oxygen atoms in total. The number of anilines is 1. The summed E-state index contributed by atoms with van der Waals surface area (Å²) in [7, 11) is 0. The molecule has 1 aliphatic carbocycles. The molecule has 0 unspecified atom stereocenters. The fourth-order valence-corrected chi connectivity index (χ4v) is 5.42.